The average molecular weight is 281 g/mol. The molecule has 0 bridgehead atoms. The van der Waals surface area contributed by atoms with Crippen molar-refractivity contribution in [3.63, 3.8) is 0 Å². The quantitative estimate of drug-likeness (QED) is 0.850. The number of anilines is 1. The molecule has 20 heavy (non-hydrogen) atoms. The molecule has 2 heterocycles. The van der Waals surface area contributed by atoms with E-state index in [1.807, 2.05) is 0 Å². The molecule has 1 amide bonds. The molecule has 1 aromatic rings. The van der Waals surface area contributed by atoms with Gasteiger partial charge in [-0.15, -0.1) is 0 Å². The van der Waals surface area contributed by atoms with Crippen LogP contribution in [0.4, 0.5) is 5.69 Å². The SMILES string of the molecule is CCOC(=O)c1nn(C2CCCCO2)cc1NC(C)=O. The fourth-order valence-electron chi connectivity index (χ4n) is 2.10. The summed E-state index contributed by atoms with van der Waals surface area (Å²) in [6, 6.07) is 0. The maximum absolute atomic E-state index is 11.9. The molecule has 1 N–H and O–H groups in total. The first-order valence-corrected chi connectivity index (χ1v) is 6.77. The first kappa shape index (κ1) is 14.5. The van der Waals surface area contributed by atoms with Crippen LogP contribution >= 0.6 is 0 Å². The van der Waals surface area contributed by atoms with E-state index in [4.69, 9.17) is 9.47 Å². The van der Waals surface area contributed by atoms with E-state index in [0.717, 1.165) is 19.3 Å². The molecule has 1 saturated heterocycles. The van der Waals surface area contributed by atoms with E-state index in [1.165, 1.54) is 6.92 Å². The van der Waals surface area contributed by atoms with E-state index in [0.29, 0.717) is 12.3 Å². The largest absolute Gasteiger partial charge is 0.461 e. The molecule has 0 aromatic carbocycles. The minimum Gasteiger partial charge on any atom is -0.461 e. The van der Waals surface area contributed by atoms with Crippen molar-refractivity contribution >= 4 is 17.6 Å². The zero-order chi connectivity index (χ0) is 14.5. The van der Waals surface area contributed by atoms with Crippen molar-refractivity contribution in [2.24, 2.45) is 0 Å². The normalized spacial score (nSPS) is 18.6. The van der Waals surface area contributed by atoms with Gasteiger partial charge in [0.1, 0.15) is 6.23 Å². The van der Waals surface area contributed by atoms with Crippen LogP contribution in [0.3, 0.4) is 0 Å². The van der Waals surface area contributed by atoms with E-state index in [1.54, 1.807) is 17.8 Å². The highest BCUT2D eigenvalue weighted by atomic mass is 16.5. The third-order valence-corrected chi connectivity index (χ3v) is 2.96. The second kappa shape index (κ2) is 6.51. The van der Waals surface area contributed by atoms with Crippen LogP contribution in [-0.2, 0) is 14.3 Å². The molecular weight excluding hydrogens is 262 g/mol. The number of ether oxygens (including phenoxy) is 2. The van der Waals surface area contributed by atoms with Crippen LogP contribution in [-0.4, -0.2) is 34.9 Å². The Morgan fingerprint density at radius 3 is 2.95 bits per heavy atom. The molecule has 1 aromatic heterocycles. The van der Waals surface area contributed by atoms with Crippen molar-refractivity contribution in [3.05, 3.63) is 11.9 Å². The van der Waals surface area contributed by atoms with Crippen molar-refractivity contribution in [2.45, 2.75) is 39.3 Å². The molecule has 1 unspecified atom stereocenters. The van der Waals surface area contributed by atoms with Gasteiger partial charge in [-0.3, -0.25) is 4.79 Å². The summed E-state index contributed by atoms with van der Waals surface area (Å²) in [5, 5.41) is 6.80. The Hall–Kier alpha value is -1.89. The highest BCUT2D eigenvalue weighted by Gasteiger charge is 2.23. The lowest BCUT2D eigenvalue weighted by molar-refractivity contribution is -0.114. The molecule has 0 aliphatic carbocycles. The van der Waals surface area contributed by atoms with Gasteiger partial charge in [-0.25, -0.2) is 9.48 Å². The van der Waals surface area contributed by atoms with Crippen molar-refractivity contribution < 1.29 is 19.1 Å². The van der Waals surface area contributed by atoms with Gasteiger partial charge in [0.15, 0.2) is 5.69 Å². The van der Waals surface area contributed by atoms with Gasteiger partial charge in [-0.05, 0) is 26.2 Å². The minimum absolute atomic E-state index is 0.108. The minimum atomic E-state index is -0.550. The first-order valence-electron chi connectivity index (χ1n) is 6.77. The van der Waals surface area contributed by atoms with Crippen LogP contribution in [0.25, 0.3) is 0 Å². The van der Waals surface area contributed by atoms with Gasteiger partial charge >= 0.3 is 5.97 Å². The molecule has 0 spiro atoms. The Morgan fingerprint density at radius 2 is 2.35 bits per heavy atom. The fraction of sp³-hybridized carbons (Fsp3) is 0.615. The molecule has 7 nitrogen and oxygen atoms in total. The predicted molar refractivity (Wildman–Crippen MR) is 71.3 cm³/mol. The van der Waals surface area contributed by atoms with Crippen molar-refractivity contribution in [3.8, 4) is 0 Å². The van der Waals surface area contributed by atoms with Crippen LogP contribution < -0.4 is 5.32 Å². The summed E-state index contributed by atoms with van der Waals surface area (Å²) in [6.45, 7) is 4.03. The van der Waals surface area contributed by atoms with E-state index in [2.05, 4.69) is 10.4 Å². The van der Waals surface area contributed by atoms with E-state index >= 15 is 0 Å². The summed E-state index contributed by atoms with van der Waals surface area (Å²) < 4.78 is 12.1. The summed E-state index contributed by atoms with van der Waals surface area (Å²) in [7, 11) is 0. The predicted octanol–water partition coefficient (Wildman–Crippen LogP) is 1.72. The monoisotopic (exact) mass is 281 g/mol. The molecule has 2 rings (SSSR count). The van der Waals surface area contributed by atoms with Gasteiger partial charge < -0.3 is 14.8 Å². The topological polar surface area (TPSA) is 82.4 Å². The molecule has 0 saturated carbocycles. The maximum atomic E-state index is 11.9. The van der Waals surface area contributed by atoms with Gasteiger partial charge in [-0.1, -0.05) is 0 Å². The van der Waals surface area contributed by atoms with E-state index in [-0.39, 0.29) is 24.4 Å². The van der Waals surface area contributed by atoms with Crippen LogP contribution in [0.15, 0.2) is 6.20 Å². The number of aromatic nitrogens is 2. The lowest BCUT2D eigenvalue weighted by atomic mass is 10.2. The number of carbonyl (C=O) groups is 2. The number of nitrogens with zero attached hydrogens (tertiary/aromatic N) is 2. The third kappa shape index (κ3) is 3.36. The number of hydrogen-bond donors (Lipinski definition) is 1. The maximum Gasteiger partial charge on any atom is 0.361 e. The summed E-state index contributed by atoms with van der Waals surface area (Å²) >= 11 is 0. The molecule has 1 aliphatic rings. The third-order valence-electron chi connectivity index (χ3n) is 2.96. The summed E-state index contributed by atoms with van der Waals surface area (Å²) in [5.41, 5.74) is 0.460. The van der Waals surface area contributed by atoms with Gasteiger partial charge in [0.2, 0.25) is 5.91 Å². The Balaban J connectivity index is 2.25. The number of hydrogen-bond acceptors (Lipinski definition) is 5. The van der Waals surface area contributed by atoms with Crippen LogP contribution in [0.1, 0.15) is 49.8 Å². The van der Waals surface area contributed by atoms with Gasteiger partial charge in [0.25, 0.3) is 0 Å². The molecule has 0 radical (unpaired) electrons. The molecule has 1 atom stereocenters. The van der Waals surface area contributed by atoms with Crippen molar-refractivity contribution in [1.29, 1.82) is 0 Å². The van der Waals surface area contributed by atoms with Crippen LogP contribution in [0.5, 0.6) is 0 Å². The second-order valence-corrected chi connectivity index (χ2v) is 4.59. The lowest BCUT2D eigenvalue weighted by Crippen LogP contribution is -2.19. The van der Waals surface area contributed by atoms with Gasteiger partial charge in [0, 0.05) is 13.5 Å². The Bertz CT molecular complexity index is 492. The van der Waals surface area contributed by atoms with Crippen molar-refractivity contribution in [2.75, 3.05) is 18.5 Å². The fourth-order valence-corrected chi connectivity index (χ4v) is 2.10. The standard InChI is InChI=1S/C13H19N3O4/c1-3-19-13(18)12-10(14-9(2)17)8-16(15-12)11-6-4-5-7-20-11/h8,11H,3-7H2,1-2H3,(H,14,17). The Morgan fingerprint density at radius 1 is 1.55 bits per heavy atom. The van der Waals surface area contributed by atoms with E-state index < -0.39 is 5.97 Å². The summed E-state index contributed by atoms with van der Waals surface area (Å²) in [5.74, 6) is -0.814. The summed E-state index contributed by atoms with van der Waals surface area (Å²) in [6.07, 6.45) is 4.34. The Kier molecular flexibility index (Phi) is 4.73. The van der Waals surface area contributed by atoms with Gasteiger partial charge in [0.05, 0.1) is 18.5 Å². The number of esters is 1. The summed E-state index contributed by atoms with van der Waals surface area (Å²) in [4.78, 5) is 23.1. The van der Waals surface area contributed by atoms with Crippen molar-refractivity contribution in [1.82, 2.24) is 9.78 Å². The zero-order valence-corrected chi connectivity index (χ0v) is 11.7. The number of amides is 1. The molecule has 7 heteroatoms. The van der Waals surface area contributed by atoms with Gasteiger partial charge in [-0.2, -0.15) is 5.10 Å². The van der Waals surface area contributed by atoms with Crippen LogP contribution in [0, 0.1) is 0 Å². The molecular formula is C13H19N3O4. The van der Waals surface area contributed by atoms with Crippen LogP contribution in [0.2, 0.25) is 0 Å². The number of rotatable bonds is 4. The number of nitrogens with one attached hydrogen (secondary N) is 1. The average Bonchev–Trinajstić information content (AvgIpc) is 2.83. The molecule has 1 aliphatic heterocycles. The highest BCUT2D eigenvalue weighted by molar-refractivity contribution is 5.99. The van der Waals surface area contributed by atoms with E-state index in [9.17, 15) is 9.59 Å². The highest BCUT2D eigenvalue weighted by Crippen LogP contribution is 2.25. The number of carbonyl (C=O) groups excluding carboxylic acids is 2. The first-order chi connectivity index (χ1) is 9.61. The Labute approximate surface area is 117 Å². The second-order valence-electron chi connectivity index (χ2n) is 4.59. The molecule has 1 fully saturated rings. The molecule has 110 valence electrons. The zero-order valence-electron chi connectivity index (χ0n) is 11.7. The lowest BCUT2D eigenvalue weighted by Gasteiger charge is -2.22. The smallest absolute Gasteiger partial charge is 0.361 e.